The molecule has 0 aliphatic rings. The second-order valence-corrected chi connectivity index (χ2v) is 5.81. The lowest BCUT2D eigenvalue weighted by atomic mass is 10.1. The molecule has 0 radical (unpaired) electrons. The smallest absolute Gasteiger partial charge is 0.253 e. The lowest BCUT2D eigenvalue weighted by Crippen LogP contribution is -2.28. The van der Waals surface area contributed by atoms with Crippen LogP contribution in [0.2, 0.25) is 5.02 Å². The molecule has 0 bridgehead atoms. The molecule has 2 aromatic heterocycles. The van der Waals surface area contributed by atoms with Gasteiger partial charge in [0.25, 0.3) is 5.91 Å². The number of nitrogens with one attached hydrogen (secondary N) is 1. The molecule has 0 aromatic carbocycles. The van der Waals surface area contributed by atoms with Crippen LogP contribution in [-0.4, -0.2) is 10.9 Å². The van der Waals surface area contributed by atoms with Gasteiger partial charge >= 0.3 is 0 Å². The number of nitrogen functional groups attached to an aromatic ring is 1. The molecule has 0 aliphatic carbocycles. The Morgan fingerprint density at radius 1 is 1.60 bits per heavy atom. The number of amides is 1. The molecule has 20 heavy (non-hydrogen) atoms. The van der Waals surface area contributed by atoms with E-state index in [0.717, 1.165) is 17.7 Å². The zero-order valence-electron chi connectivity index (χ0n) is 11.1. The third-order valence-corrected chi connectivity index (χ3v) is 4.19. The highest BCUT2D eigenvalue weighted by Crippen LogP contribution is 2.24. The van der Waals surface area contributed by atoms with E-state index in [0.29, 0.717) is 10.6 Å². The van der Waals surface area contributed by atoms with E-state index in [4.69, 9.17) is 17.3 Å². The molecule has 2 heterocycles. The molecule has 2 aromatic rings. The number of aromatic nitrogens is 1. The van der Waals surface area contributed by atoms with Gasteiger partial charge in [-0.2, -0.15) is 0 Å². The number of hydrogen-bond donors (Lipinski definition) is 2. The molecule has 2 rings (SSSR count). The van der Waals surface area contributed by atoms with Crippen molar-refractivity contribution >= 4 is 34.7 Å². The van der Waals surface area contributed by atoms with Crippen LogP contribution in [0.3, 0.4) is 0 Å². The molecule has 0 aliphatic heterocycles. The van der Waals surface area contributed by atoms with Gasteiger partial charge in [0.05, 0.1) is 16.6 Å². The minimum atomic E-state index is -0.189. The third kappa shape index (κ3) is 3.49. The van der Waals surface area contributed by atoms with Crippen LogP contribution in [0.1, 0.15) is 41.0 Å². The number of pyridine rings is 1. The van der Waals surface area contributed by atoms with Crippen molar-refractivity contribution in [3.05, 3.63) is 45.2 Å². The van der Waals surface area contributed by atoms with E-state index in [1.54, 1.807) is 11.3 Å². The monoisotopic (exact) mass is 309 g/mol. The van der Waals surface area contributed by atoms with E-state index >= 15 is 0 Å². The first-order valence-corrected chi connectivity index (χ1v) is 7.63. The minimum absolute atomic E-state index is 0.0174. The van der Waals surface area contributed by atoms with Gasteiger partial charge in [-0.05, 0) is 23.9 Å². The van der Waals surface area contributed by atoms with Gasteiger partial charge in [0.2, 0.25) is 0 Å². The van der Waals surface area contributed by atoms with E-state index in [9.17, 15) is 4.79 Å². The number of anilines is 1. The van der Waals surface area contributed by atoms with E-state index < -0.39 is 0 Å². The first kappa shape index (κ1) is 14.8. The van der Waals surface area contributed by atoms with Crippen LogP contribution in [0.25, 0.3) is 0 Å². The molecule has 0 fully saturated rings. The normalized spacial score (nSPS) is 12.1. The standard InChI is InChI=1S/C14H16ClN3OS/c1-2-4-11(12-5-3-6-20-12)18-14(19)9-7-10(15)13(16)17-8-9/h3,5-8,11H,2,4H2,1H3,(H2,16,17)(H,18,19). The van der Waals surface area contributed by atoms with Crippen LogP contribution in [-0.2, 0) is 0 Å². The van der Waals surface area contributed by atoms with Gasteiger partial charge in [0.15, 0.2) is 0 Å². The zero-order valence-corrected chi connectivity index (χ0v) is 12.7. The largest absolute Gasteiger partial charge is 0.382 e. The van der Waals surface area contributed by atoms with E-state index in [1.807, 2.05) is 17.5 Å². The Balaban J connectivity index is 2.13. The molecule has 106 valence electrons. The highest BCUT2D eigenvalue weighted by Gasteiger charge is 2.16. The van der Waals surface area contributed by atoms with Gasteiger partial charge in [-0.3, -0.25) is 4.79 Å². The number of carbonyl (C=O) groups excluding carboxylic acids is 1. The van der Waals surface area contributed by atoms with E-state index in [2.05, 4.69) is 17.2 Å². The summed E-state index contributed by atoms with van der Waals surface area (Å²) in [5.74, 6) is 0.0397. The van der Waals surface area contributed by atoms with Gasteiger partial charge in [-0.1, -0.05) is 31.0 Å². The summed E-state index contributed by atoms with van der Waals surface area (Å²) in [6.45, 7) is 2.09. The molecule has 6 heteroatoms. The van der Waals surface area contributed by atoms with Crippen molar-refractivity contribution in [3.8, 4) is 0 Å². The Hall–Kier alpha value is -1.59. The summed E-state index contributed by atoms with van der Waals surface area (Å²) < 4.78 is 0. The molecule has 1 unspecified atom stereocenters. The number of nitrogens with two attached hydrogens (primary N) is 1. The molecule has 1 atom stereocenters. The molecular formula is C14H16ClN3OS. The van der Waals surface area contributed by atoms with E-state index in [-0.39, 0.29) is 17.8 Å². The number of rotatable bonds is 5. The van der Waals surface area contributed by atoms with Crippen LogP contribution >= 0.6 is 22.9 Å². The van der Waals surface area contributed by atoms with Gasteiger partial charge in [0, 0.05) is 11.1 Å². The summed E-state index contributed by atoms with van der Waals surface area (Å²) in [6, 6.07) is 5.57. The average Bonchev–Trinajstić information content (AvgIpc) is 2.95. The summed E-state index contributed by atoms with van der Waals surface area (Å²) in [6.07, 6.45) is 3.32. The predicted molar refractivity (Wildman–Crippen MR) is 83.1 cm³/mol. The quantitative estimate of drug-likeness (QED) is 0.886. The van der Waals surface area contributed by atoms with Gasteiger partial charge in [-0.15, -0.1) is 11.3 Å². The van der Waals surface area contributed by atoms with Gasteiger partial charge < -0.3 is 11.1 Å². The van der Waals surface area contributed by atoms with Crippen molar-refractivity contribution in [2.75, 3.05) is 5.73 Å². The van der Waals surface area contributed by atoms with Crippen LogP contribution in [0.4, 0.5) is 5.82 Å². The van der Waals surface area contributed by atoms with Crippen molar-refractivity contribution in [1.29, 1.82) is 0 Å². The topological polar surface area (TPSA) is 68.0 Å². The van der Waals surface area contributed by atoms with Crippen molar-refractivity contribution in [3.63, 3.8) is 0 Å². The lowest BCUT2D eigenvalue weighted by molar-refractivity contribution is 0.0935. The van der Waals surface area contributed by atoms with Crippen molar-refractivity contribution in [2.24, 2.45) is 0 Å². The van der Waals surface area contributed by atoms with Gasteiger partial charge in [-0.25, -0.2) is 4.98 Å². The Morgan fingerprint density at radius 3 is 3.00 bits per heavy atom. The second-order valence-electron chi connectivity index (χ2n) is 4.42. The van der Waals surface area contributed by atoms with Crippen LogP contribution in [0.15, 0.2) is 29.8 Å². The maximum Gasteiger partial charge on any atom is 0.253 e. The number of halogens is 1. The summed E-state index contributed by atoms with van der Waals surface area (Å²) in [7, 11) is 0. The molecule has 4 nitrogen and oxygen atoms in total. The third-order valence-electron chi connectivity index (χ3n) is 2.90. The summed E-state index contributed by atoms with van der Waals surface area (Å²) in [5.41, 5.74) is 5.96. The summed E-state index contributed by atoms with van der Waals surface area (Å²) >= 11 is 7.53. The first-order valence-electron chi connectivity index (χ1n) is 6.37. The Morgan fingerprint density at radius 2 is 2.40 bits per heavy atom. The summed E-state index contributed by atoms with van der Waals surface area (Å²) in [4.78, 5) is 17.3. The molecule has 0 spiro atoms. The fraction of sp³-hybridized carbons (Fsp3) is 0.286. The Bertz CT molecular complexity index is 586. The van der Waals surface area contributed by atoms with Crippen LogP contribution in [0, 0.1) is 0 Å². The van der Waals surface area contributed by atoms with Crippen molar-refractivity contribution in [1.82, 2.24) is 10.3 Å². The van der Waals surface area contributed by atoms with E-state index in [1.165, 1.54) is 12.3 Å². The zero-order chi connectivity index (χ0) is 14.5. The van der Waals surface area contributed by atoms with Crippen LogP contribution < -0.4 is 11.1 Å². The fourth-order valence-electron chi connectivity index (χ4n) is 1.88. The van der Waals surface area contributed by atoms with Gasteiger partial charge in [0.1, 0.15) is 5.82 Å². The molecular weight excluding hydrogens is 294 g/mol. The molecule has 0 saturated heterocycles. The van der Waals surface area contributed by atoms with Crippen molar-refractivity contribution < 1.29 is 4.79 Å². The maximum absolute atomic E-state index is 12.2. The van der Waals surface area contributed by atoms with Crippen LogP contribution in [0.5, 0.6) is 0 Å². The minimum Gasteiger partial charge on any atom is -0.382 e. The number of hydrogen-bond acceptors (Lipinski definition) is 4. The molecule has 1 amide bonds. The SMILES string of the molecule is CCCC(NC(=O)c1cnc(N)c(Cl)c1)c1cccs1. The average molecular weight is 310 g/mol. The molecule has 3 N–H and O–H groups in total. The highest BCUT2D eigenvalue weighted by molar-refractivity contribution is 7.10. The lowest BCUT2D eigenvalue weighted by Gasteiger charge is -2.16. The predicted octanol–water partition coefficient (Wildman–Crippen LogP) is 3.65. The fourth-order valence-corrected chi connectivity index (χ4v) is 2.86. The second kappa shape index (κ2) is 6.72. The molecule has 0 saturated carbocycles. The van der Waals surface area contributed by atoms with Crippen molar-refractivity contribution in [2.45, 2.75) is 25.8 Å². The number of nitrogens with zero attached hydrogens (tertiary/aromatic N) is 1. The first-order chi connectivity index (χ1) is 9.61. The highest BCUT2D eigenvalue weighted by atomic mass is 35.5. The Kier molecular flexibility index (Phi) is 4.98. The number of carbonyl (C=O) groups is 1. The maximum atomic E-state index is 12.2. The Labute approximate surface area is 127 Å². The summed E-state index contributed by atoms with van der Waals surface area (Å²) in [5, 5.41) is 5.31. The number of thiophene rings is 1.